The van der Waals surface area contributed by atoms with Gasteiger partial charge in [0.1, 0.15) is 6.33 Å². The Labute approximate surface area is 124 Å². The minimum Gasteiger partial charge on any atom is -0.345 e. The Morgan fingerprint density at radius 2 is 1.95 bits per heavy atom. The van der Waals surface area contributed by atoms with Crippen molar-refractivity contribution in [1.82, 2.24) is 20.1 Å². The summed E-state index contributed by atoms with van der Waals surface area (Å²) in [5.41, 5.74) is -0.608. The summed E-state index contributed by atoms with van der Waals surface area (Å²) in [5, 5.41) is 10.4. The van der Waals surface area contributed by atoms with Crippen LogP contribution in [0, 0.1) is 0 Å². The standard InChI is InChI=1S/C14H13F3N4O/c15-14(16,17)10-3-1-9(2-4-10)13(22)18-7-12-20-19-8-21(12)11-5-6-11/h1-4,8,11H,5-7H2,(H,18,22). The van der Waals surface area contributed by atoms with Crippen LogP contribution in [0.25, 0.3) is 0 Å². The number of carbonyl (C=O) groups is 1. The molecule has 1 aromatic heterocycles. The zero-order valence-corrected chi connectivity index (χ0v) is 11.5. The summed E-state index contributed by atoms with van der Waals surface area (Å²) in [5.74, 6) is 0.196. The van der Waals surface area contributed by atoms with Crippen molar-refractivity contribution in [3.63, 3.8) is 0 Å². The van der Waals surface area contributed by atoms with E-state index in [4.69, 9.17) is 0 Å². The van der Waals surface area contributed by atoms with Crippen molar-refractivity contribution in [3.05, 3.63) is 47.5 Å². The number of amides is 1. The van der Waals surface area contributed by atoms with Gasteiger partial charge in [-0.1, -0.05) is 0 Å². The smallest absolute Gasteiger partial charge is 0.345 e. The summed E-state index contributed by atoms with van der Waals surface area (Å²) in [7, 11) is 0. The van der Waals surface area contributed by atoms with Gasteiger partial charge >= 0.3 is 6.18 Å². The Bertz CT molecular complexity index is 674. The predicted octanol–water partition coefficient (Wildman–Crippen LogP) is 2.56. The van der Waals surface area contributed by atoms with E-state index in [-0.39, 0.29) is 12.1 Å². The molecule has 1 N–H and O–H groups in total. The number of rotatable bonds is 4. The van der Waals surface area contributed by atoms with Gasteiger partial charge in [-0.2, -0.15) is 13.2 Å². The molecule has 1 fully saturated rings. The van der Waals surface area contributed by atoms with Crippen LogP contribution in [-0.4, -0.2) is 20.7 Å². The quantitative estimate of drug-likeness (QED) is 0.944. The van der Waals surface area contributed by atoms with Crippen LogP contribution in [-0.2, 0) is 12.7 Å². The normalized spacial score (nSPS) is 14.9. The molecule has 0 aliphatic heterocycles. The third-order valence-corrected chi connectivity index (χ3v) is 3.47. The lowest BCUT2D eigenvalue weighted by Crippen LogP contribution is -2.24. The first kappa shape index (κ1) is 14.6. The Morgan fingerprint density at radius 3 is 2.55 bits per heavy atom. The second-order valence-electron chi connectivity index (χ2n) is 5.14. The molecule has 3 rings (SSSR count). The van der Waals surface area contributed by atoms with Gasteiger partial charge in [0, 0.05) is 11.6 Å². The van der Waals surface area contributed by atoms with Gasteiger partial charge < -0.3 is 9.88 Å². The van der Waals surface area contributed by atoms with Gasteiger partial charge in [-0.3, -0.25) is 4.79 Å². The Kier molecular flexibility index (Phi) is 3.59. The van der Waals surface area contributed by atoms with Crippen LogP contribution in [0.5, 0.6) is 0 Å². The van der Waals surface area contributed by atoms with E-state index in [1.807, 2.05) is 4.57 Å². The summed E-state index contributed by atoms with van der Waals surface area (Å²) in [4.78, 5) is 11.9. The summed E-state index contributed by atoms with van der Waals surface area (Å²) in [6.07, 6.45) is -0.650. The third kappa shape index (κ3) is 3.10. The molecule has 22 heavy (non-hydrogen) atoms. The number of carbonyl (C=O) groups excluding carboxylic acids is 1. The second kappa shape index (κ2) is 5.43. The summed E-state index contributed by atoms with van der Waals surface area (Å²) < 4.78 is 39.3. The largest absolute Gasteiger partial charge is 0.416 e. The van der Waals surface area contributed by atoms with E-state index in [0.717, 1.165) is 37.1 Å². The molecule has 0 radical (unpaired) electrons. The lowest BCUT2D eigenvalue weighted by Gasteiger charge is -2.09. The number of nitrogens with one attached hydrogen (secondary N) is 1. The van der Waals surface area contributed by atoms with Crippen molar-refractivity contribution in [3.8, 4) is 0 Å². The SMILES string of the molecule is O=C(NCc1nncn1C1CC1)c1ccc(C(F)(F)F)cc1. The average Bonchev–Trinajstić information content (AvgIpc) is 3.22. The summed E-state index contributed by atoms with van der Waals surface area (Å²) in [6.45, 7) is 0.191. The van der Waals surface area contributed by atoms with Gasteiger partial charge in [-0.25, -0.2) is 0 Å². The number of aromatic nitrogens is 3. The summed E-state index contributed by atoms with van der Waals surface area (Å²) >= 11 is 0. The molecule has 1 aliphatic carbocycles. The number of hydrogen-bond donors (Lipinski definition) is 1. The molecule has 1 aliphatic rings. The van der Waals surface area contributed by atoms with Crippen LogP contribution in [0.1, 0.15) is 40.6 Å². The zero-order chi connectivity index (χ0) is 15.7. The molecule has 116 valence electrons. The third-order valence-electron chi connectivity index (χ3n) is 3.47. The van der Waals surface area contributed by atoms with Crippen LogP contribution in [0.15, 0.2) is 30.6 Å². The van der Waals surface area contributed by atoms with Crippen LogP contribution < -0.4 is 5.32 Å². The van der Waals surface area contributed by atoms with E-state index >= 15 is 0 Å². The van der Waals surface area contributed by atoms with Crippen molar-refractivity contribution in [2.75, 3.05) is 0 Å². The first-order valence-electron chi connectivity index (χ1n) is 6.79. The van der Waals surface area contributed by atoms with Gasteiger partial charge in [0.25, 0.3) is 5.91 Å². The minimum absolute atomic E-state index is 0.172. The Morgan fingerprint density at radius 1 is 1.27 bits per heavy atom. The maximum Gasteiger partial charge on any atom is 0.416 e. The summed E-state index contributed by atoms with van der Waals surface area (Å²) in [6, 6.07) is 4.49. The number of alkyl halides is 3. The maximum absolute atomic E-state index is 12.5. The zero-order valence-electron chi connectivity index (χ0n) is 11.5. The number of halogens is 3. The molecule has 1 saturated carbocycles. The van der Waals surface area contributed by atoms with Crippen LogP contribution in [0.2, 0.25) is 0 Å². The lowest BCUT2D eigenvalue weighted by atomic mass is 10.1. The fraction of sp³-hybridized carbons (Fsp3) is 0.357. The van der Waals surface area contributed by atoms with Crippen molar-refractivity contribution in [1.29, 1.82) is 0 Å². The molecule has 0 atom stereocenters. The highest BCUT2D eigenvalue weighted by Gasteiger charge is 2.30. The first-order valence-corrected chi connectivity index (χ1v) is 6.79. The molecule has 0 unspecified atom stereocenters. The molecular formula is C14H13F3N4O. The maximum atomic E-state index is 12.5. The van der Waals surface area contributed by atoms with Crippen molar-refractivity contribution >= 4 is 5.91 Å². The van der Waals surface area contributed by atoms with Crippen molar-refractivity contribution in [2.45, 2.75) is 31.6 Å². The molecule has 1 heterocycles. The van der Waals surface area contributed by atoms with E-state index in [2.05, 4.69) is 15.5 Å². The monoisotopic (exact) mass is 310 g/mol. The molecule has 2 aromatic rings. The number of benzene rings is 1. The number of hydrogen-bond acceptors (Lipinski definition) is 3. The van der Waals surface area contributed by atoms with Gasteiger partial charge in [0.05, 0.1) is 12.1 Å². The van der Waals surface area contributed by atoms with Crippen LogP contribution in [0.4, 0.5) is 13.2 Å². The lowest BCUT2D eigenvalue weighted by molar-refractivity contribution is -0.137. The first-order chi connectivity index (χ1) is 10.4. The average molecular weight is 310 g/mol. The fourth-order valence-electron chi connectivity index (χ4n) is 2.12. The minimum atomic E-state index is -4.41. The topological polar surface area (TPSA) is 59.8 Å². The van der Waals surface area contributed by atoms with Crippen molar-refractivity contribution < 1.29 is 18.0 Å². The molecule has 1 amide bonds. The van der Waals surface area contributed by atoms with Crippen LogP contribution >= 0.6 is 0 Å². The van der Waals surface area contributed by atoms with E-state index in [9.17, 15) is 18.0 Å². The molecule has 8 heteroatoms. The highest BCUT2D eigenvalue weighted by Crippen LogP contribution is 2.35. The molecule has 0 saturated heterocycles. The van der Waals surface area contributed by atoms with Crippen LogP contribution in [0.3, 0.4) is 0 Å². The Hall–Kier alpha value is -2.38. The molecule has 0 bridgehead atoms. The highest BCUT2D eigenvalue weighted by atomic mass is 19.4. The molecule has 5 nitrogen and oxygen atoms in total. The van der Waals surface area contributed by atoms with Gasteiger partial charge in [-0.05, 0) is 37.1 Å². The number of nitrogens with zero attached hydrogens (tertiary/aromatic N) is 3. The van der Waals surface area contributed by atoms with Gasteiger partial charge in [0.2, 0.25) is 0 Å². The second-order valence-corrected chi connectivity index (χ2v) is 5.14. The van der Waals surface area contributed by atoms with E-state index < -0.39 is 17.6 Å². The fourth-order valence-corrected chi connectivity index (χ4v) is 2.12. The molecular weight excluding hydrogens is 297 g/mol. The van der Waals surface area contributed by atoms with Crippen molar-refractivity contribution in [2.24, 2.45) is 0 Å². The molecule has 0 spiro atoms. The van der Waals surface area contributed by atoms with Gasteiger partial charge in [-0.15, -0.1) is 10.2 Å². The van der Waals surface area contributed by atoms with E-state index in [1.54, 1.807) is 6.33 Å². The highest BCUT2D eigenvalue weighted by molar-refractivity contribution is 5.94. The Balaban J connectivity index is 1.63. The predicted molar refractivity (Wildman–Crippen MR) is 70.9 cm³/mol. The van der Waals surface area contributed by atoms with E-state index in [1.165, 1.54) is 0 Å². The molecule has 1 aromatic carbocycles. The van der Waals surface area contributed by atoms with E-state index in [0.29, 0.717) is 11.9 Å². The van der Waals surface area contributed by atoms with Gasteiger partial charge in [0.15, 0.2) is 5.82 Å².